The Bertz CT molecular complexity index is 786. The van der Waals surface area contributed by atoms with Crippen LogP contribution in [-0.4, -0.2) is 17.6 Å². The van der Waals surface area contributed by atoms with Crippen LogP contribution in [0, 0.1) is 0 Å². The van der Waals surface area contributed by atoms with Crippen LogP contribution in [0.4, 0.5) is 0 Å². The minimum Gasteiger partial charge on any atom is -0.490 e. The summed E-state index contributed by atoms with van der Waals surface area (Å²) >= 11 is 0. The minimum absolute atomic E-state index is 0.0886. The molecule has 0 atom stereocenters. The van der Waals surface area contributed by atoms with Gasteiger partial charge in [0.1, 0.15) is 5.75 Å². The molecule has 0 unspecified atom stereocenters. The van der Waals surface area contributed by atoms with Crippen molar-refractivity contribution in [1.82, 2.24) is 10.9 Å². The molecule has 0 aromatic heterocycles. The Labute approximate surface area is 136 Å². The fraction of sp³-hybridized carbons (Fsp3) is 0.316. The molecule has 1 amide bonds. The van der Waals surface area contributed by atoms with Gasteiger partial charge in [-0.1, -0.05) is 30.3 Å². The Kier molecular flexibility index (Phi) is 3.86. The van der Waals surface area contributed by atoms with E-state index in [-0.39, 0.29) is 12.0 Å². The van der Waals surface area contributed by atoms with Crippen LogP contribution < -0.4 is 15.6 Å². The van der Waals surface area contributed by atoms with E-state index in [9.17, 15) is 4.79 Å². The average molecular weight is 310 g/mol. The highest BCUT2D eigenvalue weighted by Gasteiger charge is 2.35. The van der Waals surface area contributed by atoms with E-state index in [0.717, 1.165) is 22.1 Å². The van der Waals surface area contributed by atoms with Crippen molar-refractivity contribution in [3.05, 3.63) is 47.5 Å². The van der Waals surface area contributed by atoms with E-state index in [0.29, 0.717) is 5.57 Å². The van der Waals surface area contributed by atoms with Crippen molar-refractivity contribution < 1.29 is 9.53 Å². The van der Waals surface area contributed by atoms with E-state index in [1.807, 2.05) is 58.0 Å². The lowest BCUT2D eigenvalue weighted by molar-refractivity contribution is -0.116. The lowest BCUT2D eigenvalue weighted by Crippen LogP contribution is -2.38. The first kappa shape index (κ1) is 15.6. The van der Waals surface area contributed by atoms with Gasteiger partial charge in [0.05, 0.1) is 11.6 Å². The number of hydrogen-bond donors (Lipinski definition) is 2. The fourth-order valence-electron chi connectivity index (χ4n) is 2.84. The number of hydrazine groups is 1. The largest absolute Gasteiger partial charge is 0.490 e. The SMILES string of the molecule is CC(C)Oc1cccc2cccc(/C=C3\C(=O)NNC3(C)C)c12. The molecule has 120 valence electrons. The molecule has 4 nitrogen and oxygen atoms in total. The van der Waals surface area contributed by atoms with Gasteiger partial charge in [0.15, 0.2) is 0 Å². The Balaban J connectivity index is 2.20. The van der Waals surface area contributed by atoms with Gasteiger partial charge in [0.2, 0.25) is 0 Å². The van der Waals surface area contributed by atoms with Gasteiger partial charge in [0, 0.05) is 11.0 Å². The topological polar surface area (TPSA) is 50.4 Å². The zero-order chi connectivity index (χ0) is 16.6. The van der Waals surface area contributed by atoms with Crippen molar-refractivity contribution in [2.45, 2.75) is 39.3 Å². The van der Waals surface area contributed by atoms with Crippen molar-refractivity contribution in [1.29, 1.82) is 0 Å². The third kappa shape index (κ3) is 2.94. The van der Waals surface area contributed by atoms with Crippen LogP contribution in [0.25, 0.3) is 16.8 Å². The summed E-state index contributed by atoms with van der Waals surface area (Å²) in [6, 6.07) is 12.1. The first-order valence-electron chi connectivity index (χ1n) is 7.86. The van der Waals surface area contributed by atoms with Crippen LogP contribution in [0.1, 0.15) is 33.3 Å². The van der Waals surface area contributed by atoms with Crippen LogP contribution in [0.5, 0.6) is 5.75 Å². The molecule has 1 heterocycles. The lowest BCUT2D eigenvalue weighted by atomic mass is 9.92. The van der Waals surface area contributed by atoms with Gasteiger partial charge in [-0.15, -0.1) is 0 Å². The summed E-state index contributed by atoms with van der Waals surface area (Å²) in [6.07, 6.45) is 2.04. The number of benzene rings is 2. The van der Waals surface area contributed by atoms with E-state index in [2.05, 4.69) is 23.0 Å². The summed E-state index contributed by atoms with van der Waals surface area (Å²) in [6.45, 7) is 7.98. The summed E-state index contributed by atoms with van der Waals surface area (Å²) in [4.78, 5) is 12.1. The van der Waals surface area contributed by atoms with Gasteiger partial charge in [-0.25, -0.2) is 5.43 Å². The predicted octanol–water partition coefficient (Wildman–Crippen LogP) is 3.42. The second kappa shape index (κ2) is 5.70. The molecule has 1 aliphatic heterocycles. The lowest BCUT2D eigenvalue weighted by Gasteiger charge is -2.18. The summed E-state index contributed by atoms with van der Waals surface area (Å²) < 4.78 is 5.97. The van der Waals surface area contributed by atoms with Crippen molar-refractivity contribution >= 4 is 22.8 Å². The highest BCUT2D eigenvalue weighted by Crippen LogP contribution is 2.33. The Morgan fingerprint density at radius 1 is 1.13 bits per heavy atom. The Morgan fingerprint density at radius 2 is 1.83 bits per heavy atom. The second-order valence-corrected chi connectivity index (χ2v) is 6.63. The molecule has 2 aromatic rings. The number of nitrogens with one attached hydrogen (secondary N) is 2. The molecule has 4 heteroatoms. The van der Waals surface area contributed by atoms with Gasteiger partial charge < -0.3 is 4.74 Å². The van der Waals surface area contributed by atoms with Crippen molar-refractivity contribution in [2.75, 3.05) is 0 Å². The van der Waals surface area contributed by atoms with E-state index in [1.165, 1.54) is 0 Å². The van der Waals surface area contributed by atoms with Crippen molar-refractivity contribution in [3.63, 3.8) is 0 Å². The molecule has 2 N–H and O–H groups in total. The summed E-state index contributed by atoms with van der Waals surface area (Å²) in [5.74, 6) is 0.753. The Hall–Kier alpha value is -2.33. The minimum atomic E-state index is -0.410. The molecule has 0 aliphatic carbocycles. The molecular weight excluding hydrogens is 288 g/mol. The van der Waals surface area contributed by atoms with E-state index >= 15 is 0 Å². The first-order chi connectivity index (χ1) is 10.9. The van der Waals surface area contributed by atoms with Crippen molar-refractivity contribution in [2.24, 2.45) is 0 Å². The maximum atomic E-state index is 12.1. The number of hydrogen-bond acceptors (Lipinski definition) is 3. The van der Waals surface area contributed by atoms with E-state index < -0.39 is 5.54 Å². The van der Waals surface area contributed by atoms with E-state index in [1.54, 1.807) is 0 Å². The zero-order valence-electron chi connectivity index (χ0n) is 13.9. The summed E-state index contributed by atoms with van der Waals surface area (Å²) in [7, 11) is 0. The molecule has 3 rings (SSSR count). The molecule has 1 aliphatic rings. The molecule has 2 aromatic carbocycles. The van der Waals surface area contributed by atoms with Crippen LogP contribution in [0.3, 0.4) is 0 Å². The normalized spacial score (nSPS) is 18.7. The van der Waals surface area contributed by atoms with Gasteiger partial charge in [0.25, 0.3) is 5.91 Å². The molecule has 0 radical (unpaired) electrons. The van der Waals surface area contributed by atoms with Crippen LogP contribution >= 0.6 is 0 Å². The van der Waals surface area contributed by atoms with Gasteiger partial charge in [-0.3, -0.25) is 10.2 Å². The maximum Gasteiger partial charge on any atom is 0.263 e. The number of carbonyl (C=O) groups is 1. The monoisotopic (exact) mass is 310 g/mol. The third-order valence-electron chi connectivity index (χ3n) is 3.97. The first-order valence-corrected chi connectivity index (χ1v) is 7.86. The smallest absolute Gasteiger partial charge is 0.263 e. The molecule has 0 spiro atoms. The highest BCUT2D eigenvalue weighted by molar-refractivity contribution is 6.05. The second-order valence-electron chi connectivity index (χ2n) is 6.63. The molecular formula is C19H22N2O2. The fourth-order valence-corrected chi connectivity index (χ4v) is 2.84. The van der Waals surface area contributed by atoms with Crippen LogP contribution in [-0.2, 0) is 4.79 Å². The quantitative estimate of drug-likeness (QED) is 0.854. The maximum absolute atomic E-state index is 12.1. The van der Waals surface area contributed by atoms with Crippen molar-refractivity contribution in [3.8, 4) is 5.75 Å². The molecule has 0 bridgehead atoms. The standard InChI is InChI=1S/C19H22N2O2/c1-12(2)23-16-10-6-8-13-7-5-9-14(17(13)16)11-15-18(22)20-21-19(15,3)4/h5-12,21H,1-4H3,(H,20,22)/b15-11+. The third-order valence-corrected chi connectivity index (χ3v) is 3.97. The van der Waals surface area contributed by atoms with E-state index in [4.69, 9.17) is 4.74 Å². The van der Waals surface area contributed by atoms with Crippen LogP contribution in [0.2, 0.25) is 0 Å². The van der Waals surface area contributed by atoms with Gasteiger partial charge >= 0.3 is 0 Å². The number of fused-ring (bicyclic) bond motifs is 1. The Morgan fingerprint density at radius 3 is 2.43 bits per heavy atom. The van der Waals surface area contributed by atoms with Gasteiger partial charge in [-0.2, -0.15) is 0 Å². The number of amides is 1. The summed E-state index contributed by atoms with van der Waals surface area (Å²) in [5, 5.41) is 2.13. The number of ether oxygens (including phenoxy) is 1. The number of carbonyl (C=O) groups excluding carboxylic acids is 1. The molecule has 1 fully saturated rings. The predicted molar refractivity (Wildman–Crippen MR) is 93.0 cm³/mol. The molecule has 23 heavy (non-hydrogen) atoms. The molecule has 0 saturated carbocycles. The number of rotatable bonds is 3. The van der Waals surface area contributed by atoms with Gasteiger partial charge in [-0.05, 0) is 50.8 Å². The average Bonchev–Trinajstić information content (AvgIpc) is 2.74. The van der Waals surface area contributed by atoms with Crippen LogP contribution in [0.15, 0.2) is 42.0 Å². The summed E-state index contributed by atoms with van der Waals surface area (Å²) in [5.41, 5.74) is 6.99. The molecule has 1 saturated heterocycles. The highest BCUT2D eigenvalue weighted by atomic mass is 16.5. The zero-order valence-corrected chi connectivity index (χ0v) is 13.9.